The molecule has 0 radical (unpaired) electrons. The fourth-order valence-electron chi connectivity index (χ4n) is 1.82. The number of hydrogen-bond donors (Lipinski definition) is 3. The van der Waals surface area contributed by atoms with E-state index in [0.717, 1.165) is 6.54 Å². The highest BCUT2D eigenvalue weighted by Crippen LogP contribution is 1.94. The molecule has 1 aromatic heterocycles. The molecule has 0 saturated carbocycles. The Morgan fingerprint density at radius 1 is 0.833 bits per heavy atom. The van der Waals surface area contributed by atoms with Gasteiger partial charge in [-0.15, -0.1) is 0 Å². The lowest BCUT2D eigenvalue weighted by atomic mass is 10.5. The van der Waals surface area contributed by atoms with Crippen LogP contribution in [0.4, 0.5) is 19.2 Å². The number of carbonyl (C=O) groups excluding carboxylic acids is 7. The first-order chi connectivity index (χ1) is 19.3. The predicted octanol–water partition coefficient (Wildman–Crippen LogP) is -0.219. The van der Waals surface area contributed by atoms with Crippen LogP contribution in [0.5, 0.6) is 0 Å². The smallest absolute Gasteiger partial charge is 0.410 e. The van der Waals surface area contributed by atoms with Gasteiger partial charge in [0, 0.05) is 41.3 Å². The van der Waals surface area contributed by atoms with Gasteiger partial charge in [0.05, 0.1) is 42.0 Å². The minimum Gasteiger partial charge on any atom is -0.466 e. The van der Waals surface area contributed by atoms with E-state index < -0.39 is 36.9 Å². The van der Waals surface area contributed by atoms with E-state index in [0.29, 0.717) is 0 Å². The maximum Gasteiger partial charge on any atom is 0.410 e. The van der Waals surface area contributed by atoms with Crippen molar-refractivity contribution in [2.45, 2.75) is 13.5 Å². The summed E-state index contributed by atoms with van der Waals surface area (Å²) in [4.78, 5) is 71.7. The van der Waals surface area contributed by atoms with Crippen LogP contribution in [-0.2, 0) is 51.7 Å². The zero-order chi connectivity index (χ0) is 32.8. The quantitative estimate of drug-likeness (QED) is 0.214. The summed E-state index contributed by atoms with van der Waals surface area (Å²) in [6, 6.07) is 0. The van der Waals surface area contributed by atoms with Gasteiger partial charge in [0.15, 0.2) is 6.61 Å². The predicted molar refractivity (Wildman–Crippen MR) is 145 cm³/mol. The van der Waals surface area contributed by atoms with E-state index in [9.17, 15) is 24.0 Å². The van der Waals surface area contributed by atoms with Gasteiger partial charge in [-0.1, -0.05) is 0 Å². The van der Waals surface area contributed by atoms with Gasteiger partial charge in [0.2, 0.25) is 6.33 Å². The van der Waals surface area contributed by atoms with Crippen molar-refractivity contribution in [3.05, 3.63) is 18.7 Å². The molecule has 19 heteroatoms. The lowest BCUT2D eigenvalue weighted by Gasteiger charge is -2.20. The SMILES string of the molecule is CCn1cc[n+](C)c1.CNC(=O)OC.CNC(=O)OC.COC(=O)COC(=O)N(C)CCN(C)C(=O)OC.N.O=C=O. The maximum absolute atomic E-state index is 11.4. The lowest BCUT2D eigenvalue weighted by Crippen LogP contribution is -2.38. The number of imidazole rings is 1. The summed E-state index contributed by atoms with van der Waals surface area (Å²) in [6.45, 7) is 3.29. The molecule has 0 unspecified atom stereocenters. The van der Waals surface area contributed by atoms with Crippen molar-refractivity contribution in [1.29, 1.82) is 0 Å². The van der Waals surface area contributed by atoms with Crippen LogP contribution in [0.2, 0.25) is 0 Å². The Morgan fingerprint density at radius 2 is 1.26 bits per heavy atom. The monoisotopic (exact) mass is 612 g/mol. The topological polar surface area (TPSA) is 240 Å². The summed E-state index contributed by atoms with van der Waals surface area (Å²) < 4.78 is 25.9. The Labute approximate surface area is 245 Å². The number of carbonyl (C=O) groups is 5. The van der Waals surface area contributed by atoms with Crippen molar-refractivity contribution < 1.29 is 61.8 Å². The number of ether oxygens (including phenoxy) is 5. The molecule has 5 N–H and O–H groups in total. The molecule has 0 aliphatic carbocycles. The first-order valence-electron chi connectivity index (χ1n) is 11.5. The van der Waals surface area contributed by atoms with Gasteiger partial charge in [-0.25, -0.2) is 33.1 Å². The Kier molecular flexibility index (Phi) is 36.1. The van der Waals surface area contributed by atoms with Crippen LogP contribution in [0.25, 0.3) is 0 Å². The van der Waals surface area contributed by atoms with E-state index in [2.05, 4.69) is 58.3 Å². The third kappa shape index (κ3) is 31.3. The van der Waals surface area contributed by atoms with Gasteiger partial charge in [0.25, 0.3) is 0 Å². The maximum atomic E-state index is 11.4. The molecular formula is C23H46N7O12+. The summed E-state index contributed by atoms with van der Waals surface area (Å²) in [5, 5.41) is 4.51. The molecule has 0 aliphatic heterocycles. The molecule has 1 aromatic rings. The second-order valence-corrected chi connectivity index (χ2v) is 6.92. The molecule has 42 heavy (non-hydrogen) atoms. The molecule has 0 fully saturated rings. The lowest BCUT2D eigenvalue weighted by molar-refractivity contribution is -0.671. The van der Waals surface area contributed by atoms with E-state index in [1.54, 1.807) is 7.05 Å². The van der Waals surface area contributed by atoms with E-state index in [-0.39, 0.29) is 25.4 Å². The van der Waals surface area contributed by atoms with Crippen molar-refractivity contribution in [1.82, 2.24) is 31.2 Å². The minimum absolute atomic E-state index is 0. The molecule has 1 rings (SSSR count). The Hall–Kier alpha value is -4.90. The normalized spacial score (nSPS) is 8.05. The molecule has 0 aliphatic rings. The Morgan fingerprint density at radius 3 is 1.50 bits per heavy atom. The first kappa shape index (κ1) is 46.9. The number of alkyl carbamates (subject to hydrolysis) is 2. The molecule has 0 aromatic carbocycles. The molecule has 0 atom stereocenters. The van der Waals surface area contributed by atoms with E-state index in [4.69, 9.17) is 9.59 Å². The number of likely N-dealkylation sites (N-methyl/N-ethyl adjacent to an activating group) is 2. The van der Waals surface area contributed by atoms with E-state index in [1.807, 2.05) is 17.8 Å². The van der Waals surface area contributed by atoms with Crippen LogP contribution >= 0.6 is 0 Å². The fraction of sp³-hybridized carbons (Fsp3) is 0.609. The van der Waals surface area contributed by atoms with Crippen molar-refractivity contribution in [3.63, 3.8) is 0 Å². The summed E-state index contributed by atoms with van der Waals surface area (Å²) in [7, 11) is 13.2. The molecule has 1 heterocycles. The number of nitrogens with zero attached hydrogens (tertiary/aromatic N) is 4. The largest absolute Gasteiger partial charge is 0.466 e. The van der Waals surface area contributed by atoms with Gasteiger partial charge in [-0.3, -0.25) is 0 Å². The molecule has 244 valence electrons. The first-order valence-corrected chi connectivity index (χ1v) is 11.5. The van der Waals surface area contributed by atoms with Crippen LogP contribution in [0, 0.1) is 0 Å². The fourth-order valence-corrected chi connectivity index (χ4v) is 1.82. The highest BCUT2D eigenvalue weighted by Gasteiger charge is 2.15. The highest BCUT2D eigenvalue weighted by atomic mass is 16.6. The molecule has 0 saturated heterocycles. The van der Waals surface area contributed by atoms with Crippen LogP contribution in [0.15, 0.2) is 18.7 Å². The molecule has 4 amide bonds. The van der Waals surface area contributed by atoms with E-state index in [1.165, 1.54) is 59.4 Å². The zero-order valence-corrected chi connectivity index (χ0v) is 26.0. The second-order valence-electron chi connectivity index (χ2n) is 6.92. The Balaban J connectivity index is -0.000000157. The number of aromatic nitrogens is 2. The standard InChI is InChI=1S/C10H18N2O6.C6H11N2.2C3H7NO2.CO2.H3N/c1-11(9(14)17-4)5-6-12(2)10(15)18-7-8(13)16-3;1-3-8-5-4-7(2)6-8;2*1-4-3(5)6-2;2-1-3;/h5-7H2,1-4H3;4-6H,3H2,1-2H3;2*1-2H3,(H,4,5);;1H3/q;+1;;;;. The Bertz CT molecular complexity index is 878. The van der Waals surface area contributed by atoms with Crippen molar-refractivity contribution >= 4 is 36.5 Å². The van der Waals surface area contributed by atoms with Crippen molar-refractivity contribution in [3.8, 4) is 0 Å². The number of rotatable bonds is 6. The van der Waals surface area contributed by atoms with Crippen molar-refractivity contribution in [2.75, 3.05) is 76.3 Å². The number of aryl methyl sites for hydroxylation is 2. The van der Waals surface area contributed by atoms with E-state index >= 15 is 0 Å². The van der Waals surface area contributed by atoms with Gasteiger partial charge in [0.1, 0.15) is 12.4 Å². The zero-order valence-electron chi connectivity index (χ0n) is 26.0. The molecule has 19 nitrogen and oxygen atoms in total. The van der Waals surface area contributed by atoms with Gasteiger partial charge in [-0.2, -0.15) is 9.59 Å². The highest BCUT2D eigenvalue weighted by molar-refractivity contribution is 5.75. The van der Waals surface area contributed by atoms with Crippen molar-refractivity contribution in [2.24, 2.45) is 7.05 Å². The second kappa shape index (κ2) is 32.3. The average Bonchev–Trinajstić information content (AvgIpc) is 3.43. The third-order valence-corrected chi connectivity index (χ3v) is 4.08. The number of methoxy groups -OCH3 is 4. The summed E-state index contributed by atoms with van der Waals surface area (Å²) in [5.74, 6) is -0.636. The molecular weight excluding hydrogens is 566 g/mol. The number of esters is 1. The molecule has 0 spiro atoms. The minimum atomic E-state index is -0.668. The van der Waals surface area contributed by atoms with Crippen LogP contribution in [0.1, 0.15) is 6.92 Å². The molecule has 0 bridgehead atoms. The van der Waals surface area contributed by atoms with Crippen LogP contribution in [0.3, 0.4) is 0 Å². The number of hydrogen-bond acceptors (Lipinski definition) is 13. The van der Waals surface area contributed by atoms with Gasteiger partial charge >= 0.3 is 36.5 Å². The van der Waals surface area contributed by atoms with Crippen LogP contribution in [-0.4, -0.2) is 127 Å². The summed E-state index contributed by atoms with van der Waals surface area (Å²) in [6.07, 6.45) is 4.42. The number of nitrogens with one attached hydrogen (secondary N) is 2. The average molecular weight is 613 g/mol. The van der Waals surface area contributed by atoms with Gasteiger partial charge in [-0.05, 0) is 6.92 Å². The summed E-state index contributed by atoms with van der Waals surface area (Å²) in [5.41, 5.74) is 0. The van der Waals surface area contributed by atoms with Crippen LogP contribution < -0.4 is 21.4 Å². The number of amides is 4. The third-order valence-electron chi connectivity index (χ3n) is 4.08. The van der Waals surface area contributed by atoms with Gasteiger partial charge < -0.3 is 50.3 Å². The summed E-state index contributed by atoms with van der Waals surface area (Å²) >= 11 is 0.